The van der Waals surface area contributed by atoms with Gasteiger partial charge in [-0.1, -0.05) is 95.2 Å². The third-order valence-corrected chi connectivity index (χ3v) is 7.46. The fourth-order valence-corrected chi connectivity index (χ4v) is 4.01. The minimum Gasteiger partial charge on any atom is -0.507 e. The first kappa shape index (κ1) is 26.3. The van der Waals surface area contributed by atoms with Crippen LogP contribution in [-0.2, 0) is 21.7 Å². The lowest BCUT2D eigenvalue weighted by molar-refractivity contribution is 0.436. The molecule has 32 heavy (non-hydrogen) atoms. The van der Waals surface area contributed by atoms with Crippen LogP contribution in [0.5, 0.6) is 11.5 Å². The Labute approximate surface area is 197 Å². The van der Waals surface area contributed by atoms with Crippen LogP contribution in [0.15, 0.2) is 24.3 Å². The number of rotatable bonds is 5. The van der Waals surface area contributed by atoms with Crippen LogP contribution >= 0.6 is 0 Å². The Bertz CT molecular complexity index is 898. The van der Waals surface area contributed by atoms with Crippen molar-refractivity contribution in [3.63, 3.8) is 0 Å². The molecule has 0 bridgehead atoms. The van der Waals surface area contributed by atoms with E-state index in [9.17, 15) is 10.2 Å². The van der Waals surface area contributed by atoms with E-state index in [0.29, 0.717) is 0 Å². The van der Waals surface area contributed by atoms with Crippen molar-refractivity contribution < 1.29 is 10.2 Å². The molecule has 0 aliphatic heterocycles. The van der Waals surface area contributed by atoms with Crippen LogP contribution < -0.4 is 0 Å². The lowest BCUT2D eigenvalue weighted by Crippen LogP contribution is -2.20. The van der Waals surface area contributed by atoms with E-state index in [4.69, 9.17) is 0 Å². The van der Waals surface area contributed by atoms with E-state index in [2.05, 4.69) is 107 Å². The molecule has 0 atom stereocenters. The van der Waals surface area contributed by atoms with Crippen LogP contribution in [0.2, 0.25) is 0 Å². The molecule has 0 aromatic heterocycles. The van der Waals surface area contributed by atoms with Crippen molar-refractivity contribution in [1.82, 2.24) is 0 Å². The Balaban J connectivity index is 3.04. The molecule has 0 unspecified atom stereocenters. The van der Waals surface area contributed by atoms with E-state index >= 15 is 0 Å². The highest BCUT2D eigenvalue weighted by molar-refractivity contribution is 5.80. The molecule has 0 spiro atoms. The molecule has 2 rings (SSSR count). The molecule has 2 nitrogen and oxygen atoms in total. The zero-order valence-electron chi connectivity index (χ0n) is 22.6. The predicted octanol–water partition coefficient (Wildman–Crippen LogP) is 8.74. The highest BCUT2D eigenvalue weighted by Crippen LogP contribution is 2.48. The lowest BCUT2D eigenvalue weighted by atomic mass is 9.74. The van der Waals surface area contributed by atoms with Crippen LogP contribution in [-0.4, -0.2) is 10.2 Å². The molecular weight excluding hydrogens is 392 g/mol. The molecule has 2 aromatic rings. The largest absolute Gasteiger partial charge is 0.507 e. The second kappa shape index (κ2) is 8.43. The first-order valence-electron chi connectivity index (χ1n) is 12.1. The van der Waals surface area contributed by atoms with Gasteiger partial charge in [0, 0.05) is 22.3 Å². The summed E-state index contributed by atoms with van der Waals surface area (Å²) in [6, 6.07) is 8.50. The van der Waals surface area contributed by atoms with Gasteiger partial charge in [0.1, 0.15) is 11.5 Å². The Kier molecular flexibility index (Phi) is 6.93. The summed E-state index contributed by atoms with van der Waals surface area (Å²) in [6.45, 7) is 26.1. The highest BCUT2D eigenvalue weighted by Gasteiger charge is 2.31. The fraction of sp³-hybridized carbons (Fsp3) is 0.600. The smallest absolute Gasteiger partial charge is 0.127 e. The number of phenolic OH excluding ortho intramolecular Hbond substituents is 2. The zero-order chi connectivity index (χ0) is 24.9. The van der Waals surface area contributed by atoms with Crippen LogP contribution in [0.25, 0.3) is 11.1 Å². The lowest BCUT2D eigenvalue weighted by Gasteiger charge is -2.31. The standard InChI is InChI=1S/C30H46O2/c1-13-29(9,10)19-15-21(25(31)23(17-19)27(3,4)5)22-16-20(30(11,12)14-2)18-24(26(22)32)28(6,7)8/h15-18,31-32H,13-14H2,1-12H3. The van der Waals surface area contributed by atoms with Crippen LogP contribution in [0.1, 0.15) is 118 Å². The molecule has 0 saturated carbocycles. The van der Waals surface area contributed by atoms with E-state index in [1.54, 1.807) is 0 Å². The summed E-state index contributed by atoms with van der Waals surface area (Å²) < 4.78 is 0. The molecule has 0 amide bonds. The maximum absolute atomic E-state index is 11.5. The maximum Gasteiger partial charge on any atom is 0.127 e. The Morgan fingerprint density at radius 3 is 1.03 bits per heavy atom. The van der Waals surface area contributed by atoms with Crippen molar-refractivity contribution in [3.8, 4) is 22.6 Å². The van der Waals surface area contributed by atoms with E-state index in [1.165, 1.54) is 11.1 Å². The molecule has 2 heteroatoms. The average Bonchev–Trinajstić information content (AvgIpc) is 2.66. The van der Waals surface area contributed by atoms with Gasteiger partial charge in [0.05, 0.1) is 0 Å². The van der Waals surface area contributed by atoms with Crippen molar-refractivity contribution in [2.45, 2.75) is 118 Å². The van der Waals surface area contributed by atoms with Crippen LogP contribution in [0.4, 0.5) is 0 Å². The molecule has 0 aliphatic carbocycles. The minimum atomic E-state index is -0.221. The monoisotopic (exact) mass is 438 g/mol. The normalized spacial score (nSPS) is 13.5. The van der Waals surface area contributed by atoms with Gasteiger partial charge in [0.2, 0.25) is 0 Å². The fourth-order valence-electron chi connectivity index (χ4n) is 4.01. The summed E-state index contributed by atoms with van der Waals surface area (Å²) in [5, 5.41) is 23.0. The first-order chi connectivity index (χ1) is 14.4. The number of aromatic hydroxyl groups is 2. The SMILES string of the molecule is CCC(C)(C)c1cc(-c2cc(C(C)(C)CC)cc(C(C)(C)C)c2O)c(O)c(C(C)(C)C)c1. The summed E-state index contributed by atoms with van der Waals surface area (Å²) >= 11 is 0. The molecule has 2 N–H and O–H groups in total. The average molecular weight is 439 g/mol. The Hall–Kier alpha value is -1.96. The second-order valence-corrected chi connectivity index (χ2v) is 12.8. The highest BCUT2D eigenvalue weighted by atomic mass is 16.3. The minimum absolute atomic E-state index is 0.0365. The van der Waals surface area contributed by atoms with Crippen molar-refractivity contribution in [2.24, 2.45) is 0 Å². The third-order valence-electron chi connectivity index (χ3n) is 7.46. The van der Waals surface area contributed by atoms with Gasteiger partial charge in [-0.15, -0.1) is 0 Å². The number of benzene rings is 2. The molecule has 178 valence electrons. The van der Waals surface area contributed by atoms with E-state index in [0.717, 1.165) is 35.1 Å². The quantitative estimate of drug-likeness (QED) is 0.490. The van der Waals surface area contributed by atoms with Crippen molar-refractivity contribution in [2.75, 3.05) is 0 Å². The van der Waals surface area contributed by atoms with E-state index in [-0.39, 0.29) is 33.2 Å². The van der Waals surface area contributed by atoms with Gasteiger partial charge in [-0.25, -0.2) is 0 Å². The third kappa shape index (κ3) is 5.00. The van der Waals surface area contributed by atoms with Crippen molar-refractivity contribution in [3.05, 3.63) is 46.5 Å². The molecule has 0 aliphatic rings. The molecule has 2 aromatic carbocycles. The van der Waals surface area contributed by atoms with Gasteiger partial charge in [-0.3, -0.25) is 0 Å². The zero-order valence-corrected chi connectivity index (χ0v) is 22.6. The van der Waals surface area contributed by atoms with E-state index < -0.39 is 0 Å². The number of hydrogen-bond acceptors (Lipinski definition) is 2. The summed E-state index contributed by atoms with van der Waals surface area (Å²) in [5.74, 6) is 0.546. The molecule has 0 radical (unpaired) electrons. The molecule has 0 saturated heterocycles. The van der Waals surface area contributed by atoms with Crippen LogP contribution in [0, 0.1) is 0 Å². The van der Waals surface area contributed by atoms with Gasteiger partial charge in [0.25, 0.3) is 0 Å². The topological polar surface area (TPSA) is 40.5 Å². The van der Waals surface area contributed by atoms with Crippen molar-refractivity contribution >= 4 is 0 Å². The second-order valence-electron chi connectivity index (χ2n) is 12.8. The van der Waals surface area contributed by atoms with Gasteiger partial charge in [0.15, 0.2) is 0 Å². The molecule has 0 heterocycles. The summed E-state index contributed by atoms with van der Waals surface area (Å²) in [7, 11) is 0. The summed E-state index contributed by atoms with van der Waals surface area (Å²) in [5.41, 5.74) is 5.16. The van der Waals surface area contributed by atoms with Gasteiger partial charge in [-0.2, -0.15) is 0 Å². The van der Waals surface area contributed by atoms with Crippen molar-refractivity contribution in [1.29, 1.82) is 0 Å². The van der Waals surface area contributed by atoms with Gasteiger partial charge >= 0.3 is 0 Å². The first-order valence-corrected chi connectivity index (χ1v) is 12.1. The molecular formula is C30H46O2. The summed E-state index contributed by atoms with van der Waals surface area (Å²) in [6.07, 6.45) is 1.98. The molecule has 0 fully saturated rings. The maximum atomic E-state index is 11.5. The predicted molar refractivity (Wildman–Crippen MR) is 139 cm³/mol. The summed E-state index contributed by atoms with van der Waals surface area (Å²) in [4.78, 5) is 0. The number of hydrogen-bond donors (Lipinski definition) is 2. The van der Waals surface area contributed by atoms with E-state index in [1.807, 2.05) is 0 Å². The van der Waals surface area contributed by atoms with Gasteiger partial charge < -0.3 is 10.2 Å². The Morgan fingerprint density at radius 1 is 0.531 bits per heavy atom. The number of phenols is 2. The van der Waals surface area contributed by atoms with Crippen LogP contribution in [0.3, 0.4) is 0 Å². The van der Waals surface area contributed by atoms with Gasteiger partial charge in [-0.05, 0) is 57.8 Å². The Morgan fingerprint density at radius 2 is 0.812 bits per heavy atom.